The van der Waals surface area contributed by atoms with Gasteiger partial charge in [0.15, 0.2) is 0 Å². The molecule has 39 heavy (non-hydrogen) atoms. The van der Waals surface area contributed by atoms with Gasteiger partial charge in [-0.15, -0.1) is 0 Å². The van der Waals surface area contributed by atoms with Gasteiger partial charge in [-0.2, -0.15) is 39.5 Å². The largest absolute Gasteiger partial charge is 0.417 e. The van der Waals surface area contributed by atoms with Crippen LogP contribution in [0, 0.1) is 19.7 Å². The molecule has 2 rings (SSSR count). The first-order valence-electron chi connectivity index (χ1n) is 11.1. The molecule has 0 aliphatic heterocycles. The van der Waals surface area contributed by atoms with E-state index in [9.17, 15) is 53.5 Å². The molecule has 2 aromatic carbocycles. The first-order chi connectivity index (χ1) is 17.7. The fourth-order valence-electron chi connectivity index (χ4n) is 3.55. The van der Waals surface area contributed by atoms with Crippen LogP contribution < -0.4 is 10.6 Å². The van der Waals surface area contributed by atoms with E-state index in [-0.39, 0.29) is 22.3 Å². The second-order valence-corrected chi connectivity index (χ2v) is 8.68. The van der Waals surface area contributed by atoms with Crippen molar-refractivity contribution < 1.29 is 53.5 Å². The molecule has 0 fully saturated rings. The lowest BCUT2D eigenvalue weighted by molar-refractivity contribution is -0.139. The molecule has 4 nitrogen and oxygen atoms in total. The molecule has 0 aliphatic carbocycles. The van der Waals surface area contributed by atoms with Gasteiger partial charge in [-0.25, -0.2) is 4.39 Å². The van der Waals surface area contributed by atoms with Gasteiger partial charge in [-0.05, 0) is 55.2 Å². The zero-order chi connectivity index (χ0) is 29.9. The van der Waals surface area contributed by atoms with Crippen molar-refractivity contribution in [3.8, 4) is 0 Å². The van der Waals surface area contributed by atoms with E-state index in [0.29, 0.717) is 18.2 Å². The van der Waals surface area contributed by atoms with Gasteiger partial charge in [-0.1, -0.05) is 30.4 Å². The van der Waals surface area contributed by atoms with Crippen molar-refractivity contribution >= 4 is 17.9 Å². The zero-order valence-electron chi connectivity index (χ0n) is 20.5. The summed E-state index contributed by atoms with van der Waals surface area (Å²) in [7, 11) is 0. The molecule has 0 saturated heterocycles. The monoisotopic (exact) mass is 572 g/mol. The number of hydrogen-bond acceptors (Lipinski definition) is 2. The summed E-state index contributed by atoms with van der Waals surface area (Å²) in [5.74, 6) is -5.74. The minimum absolute atomic E-state index is 0.0521. The topological polar surface area (TPSA) is 58.2 Å². The Hall–Kier alpha value is -3.58. The Morgan fingerprint density at radius 1 is 0.923 bits per heavy atom. The number of hydrogen-bond donors (Lipinski definition) is 2. The van der Waals surface area contributed by atoms with Crippen LogP contribution in [0.2, 0.25) is 0 Å². The predicted molar refractivity (Wildman–Crippen MR) is 121 cm³/mol. The number of aryl methyl sites for hydroxylation is 2. The standard InChI is InChI=1S/C25H22F10N2O2/c1-12-8-16(9-13(2)20(12)26)18(24(30,31)32)7-5-15-4-6-17(19(10-15)25(33,34)35)22(39)37-14(3)21(38)36-11-23(27,28)29/h4-10,14,18H,11H2,1-3H3,(H,36,38)(H,37,39). The molecule has 0 radical (unpaired) electrons. The highest BCUT2D eigenvalue weighted by Crippen LogP contribution is 2.38. The second-order valence-electron chi connectivity index (χ2n) is 8.68. The van der Waals surface area contributed by atoms with Gasteiger partial charge in [0, 0.05) is 0 Å². The van der Waals surface area contributed by atoms with Crippen molar-refractivity contribution in [1.29, 1.82) is 0 Å². The van der Waals surface area contributed by atoms with Crippen LogP contribution in [0.5, 0.6) is 0 Å². The highest BCUT2D eigenvalue weighted by Gasteiger charge is 2.40. The Labute approximate surface area is 216 Å². The van der Waals surface area contributed by atoms with Gasteiger partial charge in [0.25, 0.3) is 5.91 Å². The number of carbonyl (C=O) groups is 2. The quantitative estimate of drug-likeness (QED) is 0.367. The van der Waals surface area contributed by atoms with Crippen LogP contribution in [-0.2, 0) is 11.0 Å². The Bertz CT molecular complexity index is 1220. The van der Waals surface area contributed by atoms with E-state index in [1.807, 2.05) is 5.32 Å². The Kier molecular flexibility index (Phi) is 9.46. The van der Waals surface area contributed by atoms with E-state index < -0.39 is 65.8 Å². The normalized spacial score (nSPS) is 14.3. The summed E-state index contributed by atoms with van der Waals surface area (Å²) in [5.41, 5.74) is -3.36. The van der Waals surface area contributed by atoms with Crippen molar-refractivity contribution in [2.45, 2.75) is 51.3 Å². The van der Waals surface area contributed by atoms with Crippen LogP contribution >= 0.6 is 0 Å². The van der Waals surface area contributed by atoms with Gasteiger partial charge < -0.3 is 10.6 Å². The predicted octanol–water partition coefficient (Wildman–Crippen LogP) is 6.62. The molecule has 0 spiro atoms. The van der Waals surface area contributed by atoms with E-state index in [4.69, 9.17) is 0 Å². The first kappa shape index (κ1) is 31.6. The smallest absolute Gasteiger partial charge is 0.345 e. The SMILES string of the molecule is Cc1cc(C(C=Cc2ccc(C(=O)NC(C)C(=O)NCC(F)(F)F)c(C(F)(F)F)c2)C(F)(F)F)cc(C)c1F. The lowest BCUT2D eigenvalue weighted by atomic mass is 9.93. The summed E-state index contributed by atoms with van der Waals surface area (Å²) >= 11 is 0. The molecule has 0 saturated carbocycles. The van der Waals surface area contributed by atoms with Crippen LogP contribution in [0.25, 0.3) is 6.08 Å². The summed E-state index contributed by atoms with van der Waals surface area (Å²) in [6, 6.07) is 2.30. The molecule has 0 bridgehead atoms. The number of halogens is 10. The van der Waals surface area contributed by atoms with E-state index in [1.165, 1.54) is 19.2 Å². The molecule has 14 heteroatoms. The molecule has 2 aromatic rings. The summed E-state index contributed by atoms with van der Waals surface area (Å²) < 4.78 is 133. The zero-order valence-corrected chi connectivity index (χ0v) is 20.5. The molecule has 2 unspecified atom stereocenters. The molecule has 2 amide bonds. The third kappa shape index (κ3) is 8.72. The number of nitrogens with one attached hydrogen (secondary N) is 2. The van der Waals surface area contributed by atoms with Crippen LogP contribution in [0.3, 0.4) is 0 Å². The molecule has 0 aromatic heterocycles. The molecule has 214 valence electrons. The number of benzene rings is 2. The van der Waals surface area contributed by atoms with Crippen molar-refractivity contribution in [2.24, 2.45) is 0 Å². The lowest BCUT2D eigenvalue weighted by Crippen LogP contribution is -2.47. The molecule has 0 aliphatic rings. The summed E-state index contributed by atoms with van der Waals surface area (Å²) in [5, 5.41) is 3.33. The van der Waals surface area contributed by atoms with Crippen LogP contribution in [0.15, 0.2) is 36.4 Å². The Morgan fingerprint density at radius 2 is 1.49 bits per heavy atom. The maximum absolute atomic E-state index is 13.9. The minimum Gasteiger partial charge on any atom is -0.345 e. The van der Waals surface area contributed by atoms with Gasteiger partial charge in [0.1, 0.15) is 18.4 Å². The number of carbonyl (C=O) groups excluding carboxylic acids is 2. The molecular weight excluding hydrogens is 550 g/mol. The fourth-order valence-corrected chi connectivity index (χ4v) is 3.55. The molecule has 2 N–H and O–H groups in total. The van der Waals surface area contributed by atoms with Crippen LogP contribution in [0.4, 0.5) is 43.9 Å². The van der Waals surface area contributed by atoms with E-state index in [1.54, 1.807) is 0 Å². The highest BCUT2D eigenvalue weighted by atomic mass is 19.4. The highest BCUT2D eigenvalue weighted by molar-refractivity contribution is 5.99. The maximum atomic E-state index is 13.9. The molecular formula is C25H22F10N2O2. The average Bonchev–Trinajstić information content (AvgIpc) is 2.78. The molecule has 2 atom stereocenters. The summed E-state index contributed by atoms with van der Waals surface area (Å²) in [6.45, 7) is 1.76. The van der Waals surface area contributed by atoms with Crippen LogP contribution in [-0.4, -0.2) is 36.8 Å². The van der Waals surface area contributed by atoms with E-state index >= 15 is 0 Å². The minimum atomic E-state index is -5.16. The summed E-state index contributed by atoms with van der Waals surface area (Å²) in [4.78, 5) is 24.1. The summed E-state index contributed by atoms with van der Waals surface area (Å²) in [6.07, 6.45) is -13.4. The third-order valence-electron chi connectivity index (χ3n) is 5.45. The Balaban J connectivity index is 2.37. The lowest BCUT2D eigenvalue weighted by Gasteiger charge is -2.19. The van der Waals surface area contributed by atoms with Crippen molar-refractivity contribution in [3.05, 3.63) is 75.6 Å². The van der Waals surface area contributed by atoms with Crippen molar-refractivity contribution in [2.75, 3.05) is 6.54 Å². The maximum Gasteiger partial charge on any atom is 0.417 e. The third-order valence-corrected chi connectivity index (χ3v) is 5.45. The number of rotatable bonds is 7. The van der Waals surface area contributed by atoms with Gasteiger partial charge in [0.05, 0.1) is 17.0 Å². The second kappa shape index (κ2) is 11.7. The van der Waals surface area contributed by atoms with Crippen molar-refractivity contribution in [1.82, 2.24) is 10.6 Å². The fraction of sp³-hybridized carbons (Fsp3) is 0.360. The Morgan fingerprint density at radius 3 is 1.97 bits per heavy atom. The number of amides is 2. The average molecular weight is 572 g/mol. The van der Waals surface area contributed by atoms with Crippen LogP contribution in [0.1, 0.15) is 51.0 Å². The first-order valence-corrected chi connectivity index (χ1v) is 11.1. The van der Waals surface area contributed by atoms with Gasteiger partial charge >= 0.3 is 18.5 Å². The number of alkyl halides is 9. The van der Waals surface area contributed by atoms with Gasteiger partial charge in [0.2, 0.25) is 5.91 Å². The van der Waals surface area contributed by atoms with Crippen molar-refractivity contribution in [3.63, 3.8) is 0 Å². The number of allylic oxidation sites excluding steroid dienone is 1. The van der Waals surface area contributed by atoms with E-state index in [0.717, 1.165) is 31.2 Å². The molecule has 0 heterocycles. The van der Waals surface area contributed by atoms with Gasteiger partial charge in [-0.3, -0.25) is 9.59 Å². The van der Waals surface area contributed by atoms with E-state index in [2.05, 4.69) is 0 Å².